The zero-order chi connectivity index (χ0) is 26.6. The van der Waals surface area contributed by atoms with Crippen molar-refractivity contribution in [2.75, 3.05) is 11.9 Å². The minimum atomic E-state index is -0.918. The lowest BCUT2D eigenvalue weighted by Crippen LogP contribution is -2.54. The van der Waals surface area contributed by atoms with Gasteiger partial charge >= 0.3 is 6.09 Å². The Morgan fingerprint density at radius 3 is 2.38 bits per heavy atom. The topological polar surface area (TPSA) is 114 Å². The summed E-state index contributed by atoms with van der Waals surface area (Å²) in [6.07, 6.45) is -0.110. The molecule has 1 fully saturated rings. The van der Waals surface area contributed by atoms with Gasteiger partial charge in [-0.05, 0) is 55.7 Å². The third kappa shape index (κ3) is 6.86. The summed E-state index contributed by atoms with van der Waals surface area (Å²) in [5, 5.41) is 7.73. The summed E-state index contributed by atoms with van der Waals surface area (Å²) in [4.78, 5) is 41.2. The first-order valence-corrected chi connectivity index (χ1v) is 12.5. The molecular formula is C29H34N4O4. The van der Waals surface area contributed by atoms with Crippen molar-refractivity contribution in [2.45, 2.75) is 57.3 Å². The van der Waals surface area contributed by atoms with E-state index in [1.165, 1.54) is 4.90 Å². The Morgan fingerprint density at radius 2 is 1.68 bits per heavy atom. The molecule has 0 bridgehead atoms. The Morgan fingerprint density at radius 1 is 1.00 bits per heavy atom. The molecule has 1 saturated heterocycles. The highest BCUT2D eigenvalue weighted by Crippen LogP contribution is 2.23. The molecular weight excluding hydrogens is 468 g/mol. The fraction of sp³-hybridized carbons (Fsp3) is 0.345. The van der Waals surface area contributed by atoms with Crippen molar-refractivity contribution in [3.63, 3.8) is 0 Å². The van der Waals surface area contributed by atoms with Gasteiger partial charge in [0.15, 0.2) is 0 Å². The number of rotatable bonds is 6. The molecule has 0 unspecified atom stereocenters. The van der Waals surface area contributed by atoms with Gasteiger partial charge in [-0.1, -0.05) is 60.7 Å². The Balaban J connectivity index is 1.53. The zero-order valence-corrected chi connectivity index (χ0v) is 21.4. The summed E-state index contributed by atoms with van der Waals surface area (Å²) in [5.41, 5.74) is 7.01. The molecule has 0 spiro atoms. The molecule has 8 nitrogen and oxygen atoms in total. The van der Waals surface area contributed by atoms with Crippen LogP contribution >= 0.6 is 0 Å². The normalized spacial score (nSPS) is 18.3. The van der Waals surface area contributed by atoms with Gasteiger partial charge < -0.3 is 26.0 Å². The summed E-state index contributed by atoms with van der Waals surface area (Å²) in [7, 11) is 0. The highest BCUT2D eigenvalue weighted by atomic mass is 16.6. The lowest BCUT2D eigenvalue weighted by atomic mass is 10.0. The number of ether oxygens (including phenoxy) is 1. The highest BCUT2D eigenvalue weighted by molar-refractivity contribution is 6.00. The third-order valence-corrected chi connectivity index (χ3v) is 6.21. The minimum absolute atomic E-state index is 0.218. The van der Waals surface area contributed by atoms with Crippen LogP contribution < -0.4 is 16.4 Å². The van der Waals surface area contributed by atoms with Crippen molar-refractivity contribution in [1.82, 2.24) is 10.2 Å². The van der Waals surface area contributed by atoms with Crippen LogP contribution in [-0.2, 0) is 20.7 Å². The molecule has 8 heteroatoms. The number of nitrogens with one attached hydrogen (secondary N) is 2. The van der Waals surface area contributed by atoms with Gasteiger partial charge in [0.1, 0.15) is 17.7 Å². The van der Waals surface area contributed by atoms with E-state index in [4.69, 9.17) is 10.5 Å². The summed E-state index contributed by atoms with van der Waals surface area (Å²) in [6, 6.07) is 20.9. The second-order valence-corrected chi connectivity index (χ2v) is 10.4. The number of benzene rings is 3. The van der Waals surface area contributed by atoms with Crippen molar-refractivity contribution in [1.29, 1.82) is 0 Å². The molecule has 4 N–H and O–H groups in total. The van der Waals surface area contributed by atoms with E-state index in [2.05, 4.69) is 10.6 Å². The average molecular weight is 503 g/mol. The van der Waals surface area contributed by atoms with E-state index in [9.17, 15) is 14.4 Å². The molecule has 0 aliphatic carbocycles. The minimum Gasteiger partial charge on any atom is -0.444 e. The molecule has 1 aliphatic rings. The molecule has 3 amide bonds. The van der Waals surface area contributed by atoms with Gasteiger partial charge in [0.2, 0.25) is 11.8 Å². The fourth-order valence-corrected chi connectivity index (χ4v) is 4.55. The SMILES string of the molecule is CC(C)(C)OC(=O)N[C@@H](Cc1ccccc1)C(=O)N1C[C@@H](N)C[C@H]1C(=O)Nc1ccc2ccccc2c1. The average Bonchev–Trinajstić information content (AvgIpc) is 3.24. The summed E-state index contributed by atoms with van der Waals surface area (Å²) >= 11 is 0. The molecule has 1 aliphatic heterocycles. The van der Waals surface area contributed by atoms with E-state index < -0.39 is 23.8 Å². The van der Waals surface area contributed by atoms with E-state index >= 15 is 0 Å². The van der Waals surface area contributed by atoms with Gasteiger partial charge in [-0.2, -0.15) is 0 Å². The number of anilines is 1. The Labute approximate surface area is 217 Å². The smallest absolute Gasteiger partial charge is 0.408 e. The Kier molecular flexibility index (Phi) is 7.78. The van der Waals surface area contributed by atoms with Crippen molar-refractivity contribution in [2.24, 2.45) is 5.73 Å². The number of nitrogens with two attached hydrogens (primary N) is 1. The van der Waals surface area contributed by atoms with E-state index in [1.54, 1.807) is 20.8 Å². The molecule has 1 heterocycles. The number of carbonyl (C=O) groups excluding carboxylic acids is 3. The number of alkyl carbamates (subject to hydrolysis) is 1. The summed E-state index contributed by atoms with van der Waals surface area (Å²) in [6.45, 7) is 5.49. The predicted molar refractivity (Wildman–Crippen MR) is 144 cm³/mol. The molecule has 194 valence electrons. The summed E-state index contributed by atoms with van der Waals surface area (Å²) in [5.74, 6) is -0.686. The predicted octanol–water partition coefficient (Wildman–Crippen LogP) is 3.84. The first kappa shape index (κ1) is 26.2. The van der Waals surface area contributed by atoms with Crippen molar-refractivity contribution >= 4 is 34.4 Å². The standard InChI is InChI=1S/C29H34N4O4/c1-29(2,3)37-28(36)32-24(15-19-9-5-4-6-10-19)27(35)33-18-22(30)17-25(33)26(34)31-23-14-13-20-11-7-8-12-21(20)16-23/h4-14,16,22,24-25H,15,17-18,30H2,1-3H3,(H,31,34)(H,32,36)/t22-,24-,25-/m0/s1. The monoisotopic (exact) mass is 502 g/mol. The van der Waals surface area contributed by atoms with Crippen LogP contribution in [0, 0.1) is 0 Å². The number of hydrogen-bond acceptors (Lipinski definition) is 5. The van der Waals surface area contributed by atoms with Crippen LogP contribution in [-0.4, -0.2) is 53.1 Å². The van der Waals surface area contributed by atoms with Crippen LogP contribution in [0.2, 0.25) is 0 Å². The van der Waals surface area contributed by atoms with E-state index in [1.807, 2.05) is 72.8 Å². The number of fused-ring (bicyclic) bond motifs is 1. The van der Waals surface area contributed by atoms with Gasteiger partial charge in [0.25, 0.3) is 0 Å². The van der Waals surface area contributed by atoms with E-state index in [0.29, 0.717) is 12.1 Å². The fourth-order valence-electron chi connectivity index (χ4n) is 4.55. The van der Waals surface area contributed by atoms with Crippen LogP contribution in [0.3, 0.4) is 0 Å². The molecule has 0 radical (unpaired) electrons. The van der Waals surface area contributed by atoms with Crippen LogP contribution in [0.1, 0.15) is 32.8 Å². The molecule has 37 heavy (non-hydrogen) atoms. The Hall–Kier alpha value is -3.91. The molecule has 3 atom stereocenters. The quantitative estimate of drug-likeness (QED) is 0.474. The largest absolute Gasteiger partial charge is 0.444 e. The molecule has 3 aromatic rings. The van der Waals surface area contributed by atoms with Gasteiger partial charge in [-0.15, -0.1) is 0 Å². The van der Waals surface area contributed by atoms with Crippen LogP contribution in [0.25, 0.3) is 10.8 Å². The molecule has 4 rings (SSSR count). The van der Waals surface area contributed by atoms with Crippen LogP contribution in [0.15, 0.2) is 72.8 Å². The molecule has 0 aromatic heterocycles. The number of likely N-dealkylation sites (tertiary alicyclic amines) is 1. The first-order valence-electron chi connectivity index (χ1n) is 12.5. The van der Waals surface area contributed by atoms with Crippen molar-refractivity contribution in [3.8, 4) is 0 Å². The lowest BCUT2D eigenvalue weighted by Gasteiger charge is -2.29. The first-order chi connectivity index (χ1) is 17.6. The van der Waals surface area contributed by atoms with Gasteiger partial charge in [-0.3, -0.25) is 9.59 Å². The van der Waals surface area contributed by atoms with Gasteiger partial charge in [0.05, 0.1) is 0 Å². The van der Waals surface area contributed by atoms with E-state index in [0.717, 1.165) is 16.3 Å². The van der Waals surface area contributed by atoms with Crippen molar-refractivity contribution < 1.29 is 19.1 Å². The van der Waals surface area contributed by atoms with Crippen LogP contribution in [0.5, 0.6) is 0 Å². The highest BCUT2D eigenvalue weighted by Gasteiger charge is 2.41. The third-order valence-electron chi connectivity index (χ3n) is 6.21. The second-order valence-electron chi connectivity index (χ2n) is 10.4. The van der Waals surface area contributed by atoms with Crippen LogP contribution in [0.4, 0.5) is 10.5 Å². The van der Waals surface area contributed by atoms with Gasteiger partial charge in [0, 0.05) is 24.7 Å². The van der Waals surface area contributed by atoms with E-state index in [-0.39, 0.29) is 30.8 Å². The van der Waals surface area contributed by atoms with Crippen molar-refractivity contribution in [3.05, 3.63) is 78.4 Å². The molecule has 3 aromatic carbocycles. The number of nitrogens with zero attached hydrogens (tertiary/aromatic N) is 1. The number of carbonyl (C=O) groups is 3. The second kappa shape index (κ2) is 11.0. The maximum absolute atomic E-state index is 13.8. The zero-order valence-electron chi connectivity index (χ0n) is 21.4. The number of amides is 3. The lowest BCUT2D eigenvalue weighted by molar-refractivity contribution is -0.138. The Bertz CT molecular complexity index is 1270. The maximum Gasteiger partial charge on any atom is 0.408 e. The maximum atomic E-state index is 13.8. The summed E-state index contributed by atoms with van der Waals surface area (Å²) < 4.78 is 5.40. The number of hydrogen-bond donors (Lipinski definition) is 3. The van der Waals surface area contributed by atoms with Gasteiger partial charge in [-0.25, -0.2) is 4.79 Å². The molecule has 0 saturated carbocycles.